The van der Waals surface area contributed by atoms with Crippen molar-refractivity contribution >= 4 is 18.4 Å². The van der Waals surface area contributed by atoms with Gasteiger partial charge in [0, 0.05) is 11.7 Å². The Morgan fingerprint density at radius 1 is 1.47 bits per heavy atom. The molecule has 1 unspecified atom stereocenters. The van der Waals surface area contributed by atoms with Gasteiger partial charge in [0.05, 0.1) is 7.11 Å². The van der Waals surface area contributed by atoms with Gasteiger partial charge in [0.1, 0.15) is 7.14 Å². The molecule has 0 bridgehead atoms. The highest BCUT2D eigenvalue weighted by molar-refractivity contribution is 7.70. The molecule has 0 heterocycles. The zero-order chi connectivity index (χ0) is 13.1. The van der Waals surface area contributed by atoms with Crippen LogP contribution in [0.25, 0.3) is 0 Å². The van der Waals surface area contributed by atoms with E-state index >= 15 is 0 Å². The standard InChI is InChI=1S/C12H17O4P/c1-16-12(14)11(13)8-9-5-4-6-10(7-9)17(2,3)15/h4-7,11,13H,8H2,1-3H3. The molecule has 0 aliphatic carbocycles. The first-order chi connectivity index (χ1) is 7.84. The summed E-state index contributed by atoms with van der Waals surface area (Å²) in [5, 5.41) is 10.3. The van der Waals surface area contributed by atoms with E-state index < -0.39 is 19.2 Å². The van der Waals surface area contributed by atoms with Crippen molar-refractivity contribution in [2.45, 2.75) is 12.5 Å². The minimum atomic E-state index is -2.32. The number of carbonyl (C=O) groups is 1. The van der Waals surface area contributed by atoms with E-state index in [-0.39, 0.29) is 6.42 Å². The molecule has 1 atom stereocenters. The van der Waals surface area contributed by atoms with Crippen LogP contribution in [0.15, 0.2) is 24.3 Å². The summed E-state index contributed by atoms with van der Waals surface area (Å²) < 4.78 is 16.3. The molecule has 0 amide bonds. The number of hydrogen-bond acceptors (Lipinski definition) is 4. The smallest absolute Gasteiger partial charge is 0.335 e. The Morgan fingerprint density at radius 3 is 2.65 bits per heavy atom. The Balaban J connectivity index is 2.87. The Morgan fingerprint density at radius 2 is 2.12 bits per heavy atom. The molecule has 0 aliphatic heterocycles. The number of benzene rings is 1. The van der Waals surface area contributed by atoms with Gasteiger partial charge in [-0.1, -0.05) is 18.2 Å². The molecule has 0 saturated carbocycles. The van der Waals surface area contributed by atoms with Crippen LogP contribution in [0, 0.1) is 0 Å². The second kappa shape index (κ2) is 5.48. The second-order valence-corrected chi connectivity index (χ2v) is 7.48. The molecule has 0 aliphatic rings. The summed E-state index contributed by atoms with van der Waals surface area (Å²) in [6.07, 6.45) is -1.01. The Kier molecular flexibility index (Phi) is 4.49. The number of carbonyl (C=O) groups excluding carboxylic acids is 1. The predicted octanol–water partition coefficient (Wildman–Crippen LogP) is 1.01. The van der Waals surface area contributed by atoms with Gasteiger partial charge in [-0.25, -0.2) is 4.79 Å². The van der Waals surface area contributed by atoms with E-state index in [9.17, 15) is 14.5 Å². The molecule has 1 aromatic rings. The quantitative estimate of drug-likeness (QED) is 0.645. The highest BCUT2D eigenvalue weighted by atomic mass is 31.2. The molecule has 94 valence electrons. The van der Waals surface area contributed by atoms with Crippen molar-refractivity contribution < 1.29 is 19.2 Å². The van der Waals surface area contributed by atoms with E-state index in [0.29, 0.717) is 0 Å². The fourth-order valence-corrected chi connectivity index (χ4v) is 2.38. The molecule has 0 radical (unpaired) electrons. The number of aliphatic hydroxyl groups excluding tert-OH is 1. The number of methoxy groups -OCH3 is 1. The summed E-state index contributed by atoms with van der Waals surface area (Å²) in [5.41, 5.74) is 0.768. The first-order valence-corrected chi connectivity index (χ1v) is 7.85. The fourth-order valence-electron chi connectivity index (χ4n) is 1.46. The van der Waals surface area contributed by atoms with Gasteiger partial charge in [-0.05, 0) is 25.0 Å². The van der Waals surface area contributed by atoms with E-state index in [1.165, 1.54) is 7.11 Å². The summed E-state index contributed by atoms with van der Waals surface area (Å²) in [5.74, 6) is -0.661. The van der Waals surface area contributed by atoms with Gasteiger partial charge in [-0.3, -0.25) is 0 Å². The van der Waals surface area contributed by atoms with Crippen LogP contribution in [0.2, 0.25) is 0 Å². The van der Waals surface area contributed by atoms with E-state index in [2.05, 4.69) is 4.74 Å². The second-order valence-electron chi connectivity index (χ2n) is 4.26. The predicted molar refractivity (Wildman–Crippen MR) is 67.3 cm³/mol. The van der Waals surface area contributed by atoms with Crippen LogP contribution in [0.3, 0.4) is 0 Å². The SMILES string of the molecule is COC(=O)C(O)Cc1cccc(P(C)(C)=O)c1. The molecule has 0 fully saturated rings. The lowest BCUT2D eigenvalue weighted by Crippen LogP contribution is -2.24. The number of esters is 1. The molecule has 4 nitrogen and oxygen atoms in total. The van der Waals surface area contributed by atoms with Gasteiger partial charge in [-0.2, -0.15) is 0 Å². The average Bonchev–Trinajstić information content (AvgIpc) is 2.27. The van der Waals surface area contributed by atoms with Crippen LogP contribution < -0.4 is 5.30 Å². The van der Waals surface area contributed by atoms with Crippen LogP contribution in [0.5, 0.6) is 0 Å². The fraction of sp³-hybridized carbons (Fsp3) is 0.417. The van der Waals surface area contributed by atoms with Crippen molar-refractivity contribution in [2.75, 3.05) is 20.4 Å². The summed E-state index contributed by atoms with van der Waals surface area (Å²) >= 11 is 0. The van der Waals surface area contributed by atoms with E-state index in [1.54, 1.807) is 37.6 Å². The van der Waals surface area contributed by atoms with Crippen molar-refractivity contribution in [3.05, 3.63) is 29.8 Å². The van der Waals surface area contributed by atoms with E-state index in [4.69, 9.17) is 0 Å². The summed E-state index contributed by atoms with van der Waals surface area (Å²) in [6.45, 7) is 3.37. The summed E-state index contributed by atoms with van der Waals surface area (Å²) in [4.78, 5) is 11.1. The van der Waals surface area contributed by atoms with Crippen molar-refractivity contribution in [3.63, 3.8) is 0 Å². The third kappa shape index (κ3) is 3.99. The molecular formula is C12H17O4P. The largest absolute Gasteiger partial charge is 0.467 e. The van der Waals surface area contributed by atoms with Gasteiger partial charge < -0.3 is 14.4 Å². The molecule has 5 heteroatoms. The zero-order valence-electron chi connectivity index (χ0n) is 10.2. The highest BCUT2D eigenvalue weighted by Crippen LogP contribution is 2.34. The molecular weight excluding hydrogens is 239 g/mol. The van der Waals surface area contributed by atoms with Crippen molar-refractivity contribution in [1.29, 1.82) is 0 Å². The lowest BCUT2D eigenvalue weighted by atomic mass is 10.1. The lowest BCUT2D eigenvalue weighted by Gasteiger charge is -2.11. The monoisotopic (exact) mass is 256 g/mol. The highest BCUT2D eigenvalue weighted by Gasteiger charge is 2.17. The third-order valence-electron chi connectivity index (χ3n) is 2.43. The summed E-state index contributed by atoms with van der Waals surface area (Å²) in [6, 6.07) is 7.10. The number of aliphatic hydroxyl groups is 1. The van der Waals surface area contributed by atoms with Gasteiger partial charge >= 0.3 is 5.97 Å². The maximum absolute atomic E-state index is 11.9. The maximum Gasteiger partial charge on any atom is 0.335 e. The molecule has 0 spiro atoms. The minimum absolute atomic E-state index is 0.167. The van der Waals surface area contributed by atoms with Crippen molar-refractivity contribution in [2.24, 2.45) is 0 Å². The molecule has 0 saturated heterocycles. The van der Waals surface area contributed by atoms with E-state index in [0.717, 1.165) is 10.9 Å². The van der Waals surface area contributed by atoms with Gasteiger partial charge in [0.2, 0.25) is 0 Å². The van der Waals surface area contributed by atoms with Crippen LogP contribution >= 0.6 is 7.14 Å². The van der Waals surface area contributed by atoms with Gasteiger partial charge in [-0.15, -0.1) is 0 Å². The molecule has 0 aromatic heterocycles. The average molecular weight is 256 g/mol. The topological polar surface area (TPSA) is 63.6 Å². The first kappa shape index (κ1) is 13.9. The van der Waals surface area contributed by atoms with Crippen molar-refractivity contribution in [3.8, 4) is 0 Å². The summed E-state index contributed by atoms with van der Waals surface area (Å²) in [7, 11) is -1.09. The first-order valence-electron chi connectivity index (χ1n) is 5.25. The maximum atomic E-state index is 11.9. The normalized spacial score (nSPS) is 13.2. The van der Waals surface area contributed by atoms with Crippen LogP contribution in [-0.2, 0) is 20.5 Å². The van der Waals surface area contributed by atoms with Crippen LogP contribution in [-0.4, -0.2) is 37.6 Å². The number of ether oxygens (including phenoxy) is 1. The Hall–Kier alpha value is -1.12. The minimum Gasteiger partial charge on any atom is -0.467 e. The molecule has 1 rings (SSSR count). The Bertz CT molecular complexity index is 450. The third-order valence-corrected chi connectivity index (χ3v) is 3.96. The van der Waals surface area contributed by atoms with Crippen LogP contribution in [0.4, 0.5) is 0 Å². The van der Waals surface area contributed by atoms with Crippen molar-refractivity contribution in [1.82, 2.24) is 0 Å². The number of rotatable bonds is 4. The van der Waals surface area contributed by atoms with Gasteiger partial charge in [0.25, 0.3) is 0 Å². The number of hydrogen-bond donors (Lipinski definition) is 1. The van der Waals surface area contributed by atoms with Gasteiger partial charge in [0.15, 0.2) is 6.10 Å². The molecule has 1 aromatic carbocycles. The Labute approximate surface area is 101 Å². The molecule has 1 N–H and O–H groups in total. The van der Waals surface area contributed by atoms with Crippen LogP contribution in [0.1, 0.15) is 5.56 Å². The van der Waals surface area contributed by atoms with E-state index in [1.807, 2.05) is 0 Å². The zero-order valence-corrected chi connectivity index (χ0v) is 11.1. The molecule has 17 heavy (non-hydrogen) atoms. The lowest BCUT2D eigenvalue weighted by molar-refractivity contribution is -0.150.